The molecule has 0 aromatic carbocycles. The first-order valence-corrected chi connectivity index (χ1v) is 3.38. The summed E-state index contributed by atoms with van der Waals surface area (Å²) in [5.41, 5.74) is 0.0810. The Morgan fingerprint density at radius 3 is 2.08 bits per heavy atom. The van der Waals surface area contributed by atoms with E-state index in [1.165, 1.54) is 12.3 Å². The second kappa shape index (κ2) is 5.70. The summed E-state index contributed by atoms with van der Waals surface area (Å²) in [7, 11) is 0. The summed E-state index contributed by atoms with van der Waals surface area (Å²) in [6, 6.07) is 4.76. The molecule has 0 saturated carbocycles. The van der Waals surface area contributed by atoms with Crippen molar-refractivity contribution < 1.29 is 19.8 Å². The second-order valence-corrected chi connectivity index (χ2v) is 2.04. The van der Waals surface area contributed by atoms with E-state index in [0.717, 1.165) is 6.92 Å². The van der Waals surface area contributed by atoms with Gasteiger partial charge in [-0.2, -0.15) is 0 Å². The van der Waals surface area contributed by atoms with Crippen molar-refractivity contribution in [1.29, 1.82) is 0 Å². The monoisotopic (exact) mass is 183 g/mol. The molecule has 0 aliphatic heterocycles. The van der Waals surface area contributed by atoms with Gasteiger partial charge in [-0.3, -0.25) is 4.79 Å². The van der Waals surface area contributed by atoms with Crippen LogP contribution < -0.4 is 0 Å². The Balaban J connectivity index is 0.000000310. The Morgan fingerprint density at radius 1 is 1.31 bits per heavy atom. The molecule has 5 nitrogen and oxygen atoms in total. The third-order valence-electron chi connectivity index (χ3n) is 0.884. The summed E-state index contributed by atoms with van der Waals surface area (Å²) in [6.07, 6.45) is 1.45. The highest BCUT2D eigenvalue weighted by molar-refractivity contribution is 5.85. The largest absolute Gasteiger partial charge is 0.481 e. The standard InChI is InChI=1S/C6H5NO2.C2H4O2/c8-6(9)5-3-1-2-4-7-5;1-2(3)4/h1-4H,(H,8,9);1H3,(H,3,4). The van der Waals surface area contributed by atoms with Crippen molar-refractivity contribution in [2.75, 3.05) is 0 Å². The Kier molecular flexibility index (Phi) is 4.87. The number of nitrogens with zero attached hydrogens (tertiary/aromatic N) is 1. The van der Waals surface area contributed by atoms with Crippen molar-refractivity contribution in [3.05, 3.63) is 30.1 Å². The van der Waals surface area contributed by atoms with Gasteiger partial charge in [0.05, 0.1) is 0 Å². The van der Waals surface area contributed by atoms with E-state index in [1.54, 1.807) is 12.1 Å². The van der Waals surface area contributed by atoms with Gasteiger partial charge < -0.3 is 10.2 Å². The van der Waals surface area contributed by atoms with Crippen LogP contribution in [0.3, 0.4) is 0 Å². The first-order valence-electron chi connectivity index (χ1n) is 3.38. The first kappa shape index (κ1) is 11.1. The molecule has 0 spiro atoms. The SMILES string of the molecule is CC(=O)O.O=C(O)c1ccccn1. The summed E-state index contributed by atoms with van der Waals surface area (Å²) in [4.78, 5) is 22.7. The molecule has 5 heteroatoms. The Labute approximate surface area is 74.7 Å². The van der Waals surface area contributed by atoms with Crippen LogP contribution in [0.4, 0.5) is 0 Å². The van der Waals surface area contributed by atoms with Crippen LogP contribution in [0.5, 0.6) is 0 Å². The molecule has 70 valence electrons. The van der Waals surface area contributed by atoms with E-state index in [4.69, 9.17) is 15.0 Å². The normalized spacial score (nSPS) is 8.08. The van der Waals surface area contributed by atoms with Crippen LogP contribution in [0.1, 0.15) is 17.4 Å². The van der Waals surface area contributed by atoms with Crippen molar-refractivity contribution in [2.45, 2.75) is 6.92 Å². The van der Waals surface area contributed by atoms with Gasteiger partial charge in [0.2, 0.25) is 0 Å². The second-order valence-electron chi connectivity index (χ2n) is 2.04. The van der Waals surface area contributed by atoms with E-state index < -0.39 is 11.9 Å². The third-order valence-corrected chi connectivity index (χ3v) is 0.884. The smallest absolute Gasteiger partial charge is 0.354 e. The zero-order chi connectivity index (χ0) is 10.3. The van der Waals surface area contributed by atoms with E-state index >= 15 is 0 Å². The molecular weight excluding hydrogens is 174 g/mol. The molecule has 0 radical (unpaired) electrons. The predicted octanol–water partition coefficient (Wildman–Crippen LogP) is 0.871. The van der Waals surface area contributed by atoms with E-state index in [9.17, 15) is 4.79 Å². The number of pyridine rings is 1. The molecule has 0 fully saturated rings. The third kappa shape index (κ3) is 6.49. The number of carboxylic acids is 2. The van der Waals surface area contributed by atoms with Crippen LogP contribution in [0.2, 0.25) is 0 Å². The minimum absolute atomic E-state index is 0.0810. The molecule has 0 unspecified atom stereocenters. The molecule has 13 heavy (non-hydrogen) atoms. The number of carboxylic acid groups (broad SMARTS) is 2. The number of aromatic carboxylic acids is 1. The van der Waals surface area contributed by atoms with Crippen LogP contribution in [-0.2, 0) is 4.79 Å². The van der Waals surface area contributed by atoms with Crippen LogP contribution in [0.15, 0.2) is 24.4 Å². The first-order chi connectivity index (χ1) is 6.04. The Bertz CT molecular complexity index is 279. The summed E-state index contributed by atoms with van der Waals surface area (Å²) >= 11 is 0. The zero-order valence-corrected chi connectivity index (χ0v) is 6.97. The lowest BCUT2D eigenvalue weighted by Crippen LogP contribution is -1.97. The van der Waals surface area contributed by atoms with Gasteiger partial charge in [0.15, 0.2) is 0 Å². The minimum Gasteiger partial charge on any atom is -0.481 e. The molecule has 0 amide bonds. The fraction of sp³-hybridized carbons (Fsp3) is 0.125. The lowest BCUT2D eigenvalue weighted by molar-refractivity contribution is -0.134. The number of carbonyl (C=O) groups is 2. The Morgan fingerprint density at radius 2 is 1.85 bits per heavy atom. The van der Waals surface area contributed by atoms with Crippen LogP contribution in [0.25, 0.3) is 0 Å². The molecule has 0 aliphatic carbocycles. The van der Waals surface area contributed by atoms with Crippen molar-refractivity contribution in [1.82, 2.24) is 4.98 Å². The maximum absolute atomic E-state index is 10.1. The summed E-state index contributed by atoms with van der Waals surface area (Å²) in [6.45, 7) is 1.08. The quantitative estimate of drug-likeness (QED) is 0.674. The van der Waals surface area contributed by atoms with Crippen LogP contribution in [0, 0.1) is 0 Å². The lowest BCUT2D eigenvalue weighted by atomic mass is 10.4. The molecule has 0 bridgehead atoms. The zero-order valence-electron chi connectivity index (χ0n) is 6.97. The van der Waals surface area contributed by atoms with Gasteiger partial charge in [-0.15, -0.1) is 0 Å². The van der Waals surface area contributed by atoms with Gasteiger partial charge in [-0.1, -0.05) is 6.07 Å². The van der Waals surface area contributed by atoms with Gasteiger partial charge in [0.25, 0.3) is 5.97 Å². The molecule has 2 N–H and O–H groups in total. The fourth-order valence-electron chi connectivity index (χ4n) is 0.489. The highest BCUT2D eigenvalue weighted by atomic mass is 16.4. The Hall–Kier alpha value is -1.91. The van der Waals surface area contributed by atoms with Gasteiger partial charge in [-0.25, -0.2) is 9.78 Å². The van der Waals surface area contributed by atoms with Gasteiger partial charge in [0, 0.05) is 13.1 Å². The number of hydrogen-bond donors (Lipinski definition) is 2. The van der Waals surface area contributed by atoms with Gasteiger partial charge in [0.1, 0.15) is 5.69 Å². The summed E-state index contributed by atoms with van der Waals surface area (Å²) in [5.74, 6) is -1.82. The molecule has 0 saturated heterocycles. The molecular formula is C8H9NO4. The topological polar surface area (TPSA) is 87.5 Å². The summed E-state index contributed by atoms with van der Waals surface area (Å²) < 4.78 is 0. The van der Waals surface area contributed by atoms with Crippen molar-refractivity contribution in [3.63, 3.8) is 0 Å². The van der Waals surface area contributed by atoms with Crippen molar-refractivity contribution >= 4 is 11.9 Å². The van der Waals surface area contributed by atoms with Gasteiger partial charge >= 0.3 is 5.97 Å². The fourth-order valence-corrected chi connectivity index (χ4v) is 0.489. The highest BCUT2D eigenvalue weighted by Gasteiger charge is 1.98. The number of aliphatic carboxylic acids is 1. The number of hydrogen-bond acceptors (Lipinski definition) is 3. The highest BCUT2D eigenvalue weighted by Crippen LogP contribution is 1.90. The average Bonchev–Trinajstić information content (AvgIpc) is 2.05. The minimum atomic E-state index is -0.990. The molecule has 1 aromatic heterocycles. The predicted molar refractivity (Wildman–Crippen MR) is 44.5 cm³/mol. The molecule has 1 heterocycles. The van der Waals surface area contributed by atoms with E-state index in [-0.39, 0.29) is 5.69 Å². The van der Waals surface area contributed by atoms with E-state index in [2.05, 4.69) is 4.98 Å². The molecule has 1 rings (SSSR count). The molecule has 0 atom stereocenters. The van der Waals surface area contributed by atoms with Crippen molar-refractivity contribution in [2.24, 2.45) is 0 Å². The van der Waals surface area contributed by atoms with E-state index in [1.807, 2.05) is 0 Å². The van der Waals surface area contributed by atoms with Crippen LogP contribution in [-0.4, -0.2) is 27.1 Å². The number of rotatable bonds is 1. The molecule has 1 aromatic rings. The van der Waals surface area contributed by atoms with Crippen molar-refractivity contribution in [3.8, 4) is 0 Å². The summed E-state index contributed by atoms with van der Waals surface area (Å²) in [5, 5.41) is 15.7. The van der Waals surface area contributed by atoms with E-state index in [0.29, 0.717) is 0 Å². The maximum Gasteiger partial charge on any atom is 0.354 e. The maximum atomic E-state index is 10.1. The molecule has 0 aliphatic rings. The van der Waals surface area contributed by atoms with Crippen LogP contribution >= 0.6 is 0 Å². The lowest BCUT2D eigenvalue weighted by Gasteiger charge is -1.87. The number of aromatic nitrogens is 1. The van der Waals surface area contributed by atoms with Gasteiger partial charge in [-0.05, 0) is 12.1 Å². The average molecular weight is 183 g/mol.